The van der Waals surface area contributed by atoms with E-state index in [9.17, 15) is 0 Å². The third kappa shape index (κ3) is 4.74. The van der Waals surface area contributed by atoms with Gasteiger partial charge >= 0.3 is 0 Å². The highest BCUT2D eigenvalue weighted by atomic mass is 15.1. The summed E-state index contributed by atoms with van der Waals surface area (Å²) in [5, 5.41) is 7.39. The minimum atomic E-state index is -0.0788. The molecule has 0 saturated heterocycles. The van der Waals surface area contributed by atoms with Crippen LogP contribution in [0.25, 0.3) is 71.3 Å². The quantitative estimate of drug-likeness (QED) is 0.173. The van der Waals surface area contributed by atoms with Crippen LogP contribution in [0.5, 0.6) is 0 Å². The van der Waals surface area contributed by atoms with Gasteiger partial charge in [0.15, 0.2) is 0 Å². The van der Waals surface area contributed by atoms with Crippen molar-refractivity contribution in [3.05, 3.63) is 205 Å². The zero-order chi connectivity index (χ0) is 36.7. The SMILES string of the molecule is CC1(C)c2ccccc2-c2cc(N(c3ccc4c(c3)c3ccccc3n4-c3ccccc3)c3ccc4ccccc4c3-c3cccc4ccccc34)ccc21. The molecule has 1 aliphatic carbocycles. The van der Waals surface area contributed by atoms with Crippen molar-refractivity contribution >= 4 is 60.4 Å². The van der Waals surface area contributed by atoms with Crippen molar-refractivity contribution in [2.24, 2.45) is 0 Å². The molecule has 0 radical (unpaired) electrons. The molecule has 0 unspecified atom stereocenters. The van der Waals surface area contributed by atoms with E-state index in [2.05, 4.69) is 217 Å². The average molecular weight is 703 g/mol. The lowest BCUT2D eigenvalue weighted by Crippen LogP contribution is -2.15. The highest BCUT2D eigenvalue weighted by Crippen LogP contribution is 2.52. The smallest absolute Gasteiger partial charge is 0.0546 e. The lowest BCUT2D eigenvalue weighted by Gasteiger charge is -2.30. The van der Waals surface area contributed by atoms with Crippen molar-refractivity contribution in [3.8, 4) is 27.9 Å². The largest absolute Gasteiger partial charge is 0.310 e. The second kappa shape index (κ2) is 12.1. The van der Waals surface area contributed by atoms with Gasteiger partial charge in [-0.25, -0.2) is 0 Å². The van der Waals surface area contributed by atoms with Crippen LogP contribution in [0.3, 0.4) is 0 Å². The van der Waals surface area contributed by atoms with Crippen LogP contribution in [0.15, 0.2) is 194 Å². The Morgan fingerprint density at radius 2 is 1.00 bits per heavy atom. The molecule has 260 valence electrons. The summed E-state index contributed by atoms with van der Waals surface area (Å²) in [6, 6.07) is 71.6. The third-order valence-corrected chi connectivity index (χ3v) is 12.0. The first kappa shape index (κ1) is 31.6. The van der Waals surface area contributed by atoms with Gasteiger partial charge < -0.3 is 9.47 Å². The molecule has 1 aliphatic rings. The topological polar surface area (TPSA) is 8.17 Å². The van der Waals surface area contributed by atoms with Gasteiger partial charge in [-0.2, -0.15) is 0 Å². The van der Waals surface area contributed by atoms with Gasteiger partial charge in [-0.05, 0) is 104 Å². The number of hydrogen-bond acceptors (Lipinski definition) is 1. The predicted molar refractivity (Wildman–Crippen MR) is 233 cm³/mol. The Labute approximate surface area is 321 Å². The normalized spacial score (nSPS) is 13.1. The molecule has 11 rings (SSSR count). The van der Waals surface area contributed by atoms with Crippen molar-refractivity contribution in [2.45, 2.75) is 19.3 Å². The zero-order valence-corrected chi connectivity index (χ0v) is 30.9. The fraction of sp³-hybridized carbons (Fsp3) is 0.0566. The van der Waals surface area contributed by atoms with Gasteiger partial charge in [0, 0.05) is 38.8 Å². The second-order valence-corrected chi connectivity index (χ2v) is 15.3. The van der Waals surface area contributed by atoms with E-state index in [0.29, 0.717) is 0 Å². The molecule has 0 atom stereocenters. The van der Waals surface area contributed by atoms with Gasteiger partial charge in [0.05, 0.1) is 16.7 Å². The van der Waals surface area contributed by atoms with E-state index in [0.717, 1.165) is 22.7 Å². The molecule has 2 nitrogen and oxygen atoms in total. The maximum Gasteiger partial charge on any atom is 0.0546 e. The molecular formula is C53H38N2. The molecular weight excluding hydrogens is 665 g/mol. The molecule has 55 heavy (non-hydrogen) atoms. The van der Waals surface area contributed by atoms with Crippen LogP contribution in [0.2, 0.25) is 0 Å². The molecule has 0 aliphatic heterocycles. The van der Waals surface area contributed by atoms with Crippen molar-refractivity contribution in [1.82, 2.24) is 4.57 Å². The van der Waals surface area contributed by atoms with E-state index >= 15 is 0 Å². The molecule has 0 N–H and O–H groups in total. The first-order valence-electron chi connectivity index (χ1n) is 19.2. The van der Waals surface area contributed by atoms with E-state index in [1.54, 1.807) is 0 Å². The van der Waals surface area contributed by atoms with Crippen LogP contribution in [0, 0.1) is 0 Å². The van der Waals surface area contributed by atoms with Gasteiger partial charge in [-0.3, -0.25) is 0 Å². The van der Waals surface area contributed by atoms with Gasteiger partial charge in [0.2, 0.25) is 0 Å². The molecule has 0 spiro atoms. The van der Waals surface area contributed by atoms with Gasteiger partial charge in [0.1, 0.15) is 0 Å². The maximum absolute atomic E-state index is 2.51. The fourth-order valence-corrected chi connectivity index (χ4v) is 9.40. The number of fused-ring (bicyclic) bond motifs is 8. The lowest BCUT2D eigenvalue weighted by molar-refractivity contribution is 0.660. The molecule has 0 saturated carbocycles. The van der Waals surface area contributed by atoms with Crippen molar-refractivity contribution in [1.29, 1.82) is 0 Å². The van der Waals surface area contributed by atoms with Gasteiger partial charge in [-0.1, -0.05) is 153 Å². The summed E-state index contributed by atoms with van der Waals surface area (Å²) in [6.45, 7) is 4.71. The average Bonchev–Trinajstić information content (AvgIpc) is 3.69. The van der Waals surface area contributed by atoms with E-state index in [1.807, 2.05) is 0 Å². The van der Waals surface area contributed by atoms with Crippen LogP contribution >= 0.6 is 0 Å². The lowest BCUT2D eigenvalue weighted by atomic mass is 9.82. The number of rotatable bonds is 5. The fourth-order valence-electron chi connectivity index (χ4n) is 9.40. The van der Waals surface area contributed by atoms with E-state index in [4.69, 9.17) is 0 Å². The van der Waals surface area contributed by atoms with Crippen molar-refractivity contribution < 1.29 is 0 Å². The zero-order valence-electron chi connectivity index (χ0n) is 30.9. The Kier molecular flexibility index (Phi) is 6.93. The Morgan fingerprint density at radius 3 is 1.85 bits per heavy atom. The third-order valence-electron chi connectivity index (χ3n) is 12.0. The summed E-state index contributed by atoms with van der Waals surface area (Å²) in [5.41, 5.74) is 14.7. The standard InChI is InChI=1S/C53H38N2/c1-53(2)47-25-12-10-22-42(47)45-33-38(28-30-48(45)53)54(39-29-32-50-46(34-39)43-23-11-13-26-49(43)55(50)37-18-4-3-5-19-37)51-31-27-36-16-7-9-21-41(36)52(51)44-24-14-17-35-15-6-8-20-40(35)44/h3-34H,1-2H3. The highest BCUT2D eigenvalue weighted by Gasteiger charge is 2.36. The monoisotopic (exact) mass is 702 g/mol. The minimum Gasteiger partial charge on any atom is -0.310 e. The summed E-state index contributed by atoms with van der Waals surface area (Å²) in [4.78, 5) is 2.51. The molecule has 0 fully saturated rings. The Hall–Kier alpha value is -6.90. The first-order chi connectivity index (χ1) is 27.1. The summed E-state index contributed by atoms with van der Waals surface area (Å²) in [5.74, 6) is 0. The van der Waals surface area contributed by atoms with Crippen LogP contribution in [0.1, 0.15) is 25.0 Å². The van der Waals surface area contributed by atoms with Crippen molar-refractivity contribution in [2.75, 3.05) is 4.90 Å². The molecule has 2 heteroatoms. The first-order valence-corrected chi connectivity index (χ1v) is 19.2. The maximum atomic E-state index is 2.51. The second-order valence-electron chi connectivity index (χ2n) is 15.3. The Bertz CT molecular complexity index is 3120. The number of benzene rings is 9. The van der Waals surface area contributed by atoms with E-state index < -0.39 is 0 Å². The molecule has 1 heterocycles. The van der Waals surface area contributed by atoms with Crippen LogP contribution < -0.4 is 4.90 Å². The van der Waals surface area contributed by atoms with E-state index in [-0.39, 0.29) is 5.41 Å². The Morgan fingerprint density at radius 1 is 0.400 bits per heavy atom. The minimum absolute atomic E-state index is 0.0788. The van der Waals surface area contributed by atoms with Crippen molar-refractivity contribution in [3.63, 3.8) is 0 Å². The summed E-state index contributed by atoms with van der Waals surface area (Å²) >= 11 is 0. The van der Waals surface area contributed by atoms with Crippen LogP contribution in [-0.2, 0) is 5.41 Å². The number of anilines is 3. The summed E-state index contributed by atoms with van der Waals surface area (Å²) in [7, 11) is 0. The number of aromatic nitrogens is 1. The number of para-hydroxylation sites is 2. The highest BCUT2D eigenvalue weighted by molar-refractivity contribution is 6.13. The molecule has 1 aromatic heterocycles. The molecule has 10 aromatic rings. The number of hydrogen-bond donors (Lipinski definition) is 0. The van der Waals surface area contributed by atoms with Gasteiger partial charge in [-0.15, -0.1) is 0 Å². The van der Waals surface area contributed by atoms with Gasteiger partial charge in [0.25, 0.3) is 0 Å². The molecule has 0 amide bonds. The Balaban J connectivity index is 1.23. The van der Waals surface area contributed by atoms with Crippen LogP contribution in [0.4, 0.5) is 17.1 Å². The summed E-state index contributed by atoms with van der Waals surface area (Å²) in [6.07, 6.45) is 0. The van der Waals surface area contributed by atoms with E-state index in [1.165, 1.54) is 76.7 Å². The number of nitrogens with zero attached hydrogens (tertiary/aromatic N) is 2. The predicted octanol–water partition coefficient (Wildman–Crippen LogP) is 14.5. The molecule has 9 aromatic carbocycles. The summed E-state index contributed by atoms with van der Waals surface area (Å²) < 4.78 is 2.39. The molecule has 0 bridgehead atoms. The van der Waals surface area contributed by atoms with Crippen LogP contribution in [-0.4, -0.2) is 4.57 Å².